The van der Waals surface area contributed by atoms with Gasteiger partial charge < -0.3 is 19.5 Å². The van der Waals surface area contributed by atoms with E-state index in [9.17, 15) is 0 Å². The largest absolute Gasteiger partial charge is 0.496 e. The molecule has 0 saturated heterocycles. The van der Waals surface area contributed by atoms with Crippen LogP contribution in [-0.2, 0) is 13.1 Å². The summed E-state index contributed by atoms with van der Waals surface area (Å²) in [7, 11) is 4.90. The smallest absolute Gasteiger partial charge is 0.130 e. The fourth-order valence-electron chi connectivity index (χ4n) is 2.03. The highest BCUT2D eigenvalue weighted by atomic mass is 32.1. The van der Waals surface area contributed by atoms with Crippen LogP contribution in [0.1, 0.15) is 15.4 Å². The summed E-state index contributed by atoms with van der Waals surface area (Å²) in [6.45, 7) is 3.41. The van der Waals surface area contributed by atoms with Gasteiger partial charge in [0.1, 0.15) is 22.3 Å². The lowest BCUT2D eigenvalue weighted by molar-refractivity contribution is 0.366. The second kappa shape index (κ2) is 7.28. The molecule has 0 aliphatic rings. The first kappa shape index (κ1) is 15.6. The molecule has 1 heterocycles. The van der Waals surface area contributed by atoms with Crippen LogP contribution in [0.15, 0.2) is 18.3 Å². The summed E-state index contributed by atoms with van der Waals surface area (Å²) in [5.41, 5.74) is 0.967. The molecule has 0 radical (unpaired) electrons. The summed E-state index contributed by atoms with van der Waals surface area (Å²) >= 11 is 1.69. The first-order chi connectivity index (χ1) is 10.2. The van der Waals surface area contributed by atoms with Crippen LogP contribution in [0.25, 0.3) is 0 Å². The van der Waals surface area contributed by atoms with Crippen molar-refractivity contribution in [3.8, 4) is 17.2 Å². The van der Waals surface area contributed by atoms with Gasteiger partial charge in [-0.15, -0.1) is 11.3 Å². The number of thiazole rings is 1. The second-order valence-electron chi connectivity index (χ2n) is 4.48. The van der Waals surface area contributed by atoms with Crippen molar-refractivity contribution in [1.29, 1.82) is 0 Å². The fourth-order valence-corrected chi connectivity index (χ4v) is 2.79. The van der Waals surface area contributed by atoms with Crippen LogP contribution in [0.4, 0.5) is 0 Å². The molecule has 0 aliphatic heterocycles. The van der Waals surface area contributed by atoms with Crippen molar-refractivity contribution in [1.82, 2.24) is 10.3 Å². The standard InChI is InChI=1S/C15H20N2O3S/c1-10-7-17-15(21-10)9-16-8-12-13(19-3)5-11(18-2)6-14(12)20-4/h5-7,16H,8-9H2,1-4H3. The molecule has 0 unspecified atom stereocenters. The molecule has 6 heteroatoms. The molecule has 2 rings (SSSR count). The van der Waals surface area contributed by atoms with Crippen molar-refractivity contribution >= 4 is 11.3 Å². The molecule has 5 nitrogen and oxygen atoms in total. The molecule has 0 spiro atoms. The Labute approximate surface area is 128 Å². The molecule has 1 N–H and O–H groups in total. The summed E-state index contributed by atoms with van der Waals surface area (Å²) in [6, 6.07) is 3.71. The Balaban J connectivity index is 2.10. The zero-order valence-corrected chi connectivity index (χ0v) is 13.5. The molecule has 1 aromatic heterocycles. The predicted molar refractivity (Wildman–Crippen MR) is 83.5 cm³/mol. The average Bonchev–Trinajstić information content (AvgIpc) is 2.92. The number of hydrogen-bond donors (Lipinski definition) is 1. The van der Waals surface area contributed by atoms with Gasteiger partial charge in [0, 0.05) is 36.3 Å². The maximum atomic E-state index is 5.42. The van der Waals surface area contributed by atoms with Gasteiger partial charge in [-0.25, -0.2) is 4.98 Å². The quantitative estimate of drug-likeness (QED) is 0.852. The zero-order chi connectivity index (χ0) is 15.2. The zero-order valence-electron chi connectivity index (χ0n) is 12.7. The molecule has 0 aliphatic carbocycles. The average molecular weight is 308 g/mol. The number of methoxy groups -OCH3 is 3. The number of hydrogen-bond acceptors (Lipinski definition) is 6. The molecule has 0 saturated carbocycles. The lowest BCUT2D eigenvalue weighted by Gasteiger charge is -2.15. The van der Waals surface area contributed by atoms with E-state index in [4.69, 9.17) is 14.2 Å². The summed E-state index contributed by atoms with van der Waals surface area (Å²) in [5, 5.41) is 4.43. The topological polar surface area (TPSA) is 52.6 Å². The van der Waals surface area contributed by atoms with Crippen molar-refractivity contribution in [2.45, 2.75) is 20.0 Å². The number of rotatable bonds is 7. The fraction of sp³-hybridized carbons (Fsp3) is 0.400. The van der Waals surface area contributed by atoms with E-state index in [0.29, 0.717) is 12.3 Å². The third-order valence-electron chi connectivity index (χ3n) is 3.06. The Kier molecular flexibility index (Phi) is 5.41. The maximum Gasteiger partial charge on any atom is 0.130 e. The Bertz CT molecular complexity index is 573. The highest BCUT2D eigenvalue weighted by molar-refractivity contribution is 7.11. The van der Waals surface area contributed by atoms with Gasteiger partial charge in [-0.1, -0.05) is 0 Å². The van der Waals surface area contributed by atoms with E-state index in [1.807, 2.05) is 18.3 Å². The van der Waals surface area contributed by atoms with E-state index in [1.54, 1.807) is 32.7 Å². The Hall–Kier alpha value is -1.79. The normalized spacial score (nSPS) is 10.5. The molecule has 0 fully saturated rings. The highest BCUT2D eigenvalue weighted by Crippen LogP contribution is 2.33. The Morgan fingerprint density at radius 3 is 2.19 bits per heavy atom. The molecule has 114 valence electrons. The van der Waals surface area contributed by atoms with Crippen molar-refractivity contribution in [3.63, 3.8) is 0 Å². The van der Waals surface area contributed by atoms with E-state index in [-0.39, 0.29) is 0 Å². The lowest BCUT2D eigenvalue weighted by atomic mass is 10.1. The van der Waals surface area contributed by atoms with Crippen LogP contribution in [0, 0.1) is 6.92 Å². The van der Waals surface area contributed by atoms with Gasteiger partial charge in [0.05, 0.1) is 26.9 Å². The van der Waals surface area contributed by atoms with Gasteiger partial charge in [-0.3, -0.25) is 0 Å². The molecule has 0 amide bonds. The van der Waals surface area contributed by atoms with Gasteiger partial charge in [0.2, 0.25) is 0 Å². The van der Waals surface area contributed by atoms with E-state index in [2.05, 4.69) is 17.2 Å². The molecule has 0 bridgehead atoms. The summed E-state index contributed by atoms with van der Waals surface area (Å²) in [4.78, 5) is 5.55. The Morgan fingerprint density at radius 1 is 1.05 bits per heavy atom. The monoisotopic (exact) mass is 308 g/mol. The number of aryl methyl sites for hydroxylation is 1. The van der Waals surface area contributed by atoms with Crippen molar-refractivity contribution in [2.75, 3.05) is 21.3 Å². The number of nitrogens with one attached hydrogen (secondary N) is 1. The number of aromatic nitrogens is 1. The molecule has 21 heavy (non-hydrogen) atoms. The third-order valence-corrected chi connectivity index (χ3v) is 3.98. The second-order valence-corrected chi connectivity index (χ2v) is 5.80. The van der Waals surface area contributed by atoms with Crippen LogP contribution >= 0.6 is 11.3 Å². The van der Waals surface area contributed by atoms with Gasteiger partial charge >= 0.3 is 0 Å². The van der Waals surface area contributed by atoms with Crippen LogP contribution < -0.4 is 19.5 Å². The minimum absolute atomic E-state index is 0.634. The highest BCUT2D eigenvalue weighted by Gasteiger charge is 2.13. The van der Waals surface area contributed by atoms with Gasteiger partial charge in [-0.2, -0.15) is 0 Å². The Morgan fingerprint density at radius 2 is 1.71 bits per heavy atom. The minimum Gasteiger partial charge on any atom is -0.496 e. The van der Waals surface area contributed by atoms with Crippen molar-refractivity contribution < 1.29 is 14.2 Å². The summed E-state index contributed by atoms with van der Waals surface area (Å²) < 4.78 is 16.1. The van der Waals surface area contributed by atoms with Crippen LogP contribution in [0.2, 0.25) is 0 Å². The van der Waals surface area contributed by atoms with Crippen molar-refractivity contribution in [2.24, 2.45) is 0 Å². The third kappa shape index (κ3) is 3.86. The molecule has 1 aromatic carbocycles. The number of benzene rings is 1. The first-order valence-electron chi connectivity index (χ1n) is 6.58. The van der Waals surface area contributed by atoms with Crippen LogP contribution in [-0.4, -0.2) is 26.3 Å². The first-order valence-corrected chi connectivity index (χ1v) is 7.40. The van der Waals surface area contributed by atoms with Crippen LogP contribution in [0.5, 0.6) is 17.2 Å². The number of ether oxygens (including phenoxy) is 3. The van der Waals surface area contributed by atoms with E-state index < -0.39 is 0 Å². The minimum atomic E-state index is 0.634. The predicted octanol–water partition coefficient (Wildman–Crippen LogP) is 2.77. The SMILES string of the molecule is COc1cc(OC)c(CNCc2ncc(C)s2)c(OC)c1. The summed E-state index contributed by atoms with van der Waals surface area (Å²) in [6.07, 6.45) is 1.89. The summed E-state index contributed by atoms with van der Waals surface area (Å²) in [5.74, 6) is 2.20. The molecule has 0 atom stereocenters. The van der Waals surface area contributed by atoms with Gasteiger partial charge in [0.15, 0.2) is 0 Å². The van der Waals surface area contributed by atoms with E-state index >= 15 is 0 Å². The molecule has 2 aromatic rings. The van der Waals surface area contributed by atoms with Gasteiger partial charge in [0.25, 0.3) is 0 Å². The van der Waals surface area contributed by atoms with E-state index in [0.717, 1.165) is 28.6 Å². The molecular formula is C15H20N2O3S. The van der Waals surface area contributed by atoms with Crippen LogP contribution in [0.3, 0.4) is 0 Å². The van der Waals surface area contributed by atoms with Gasteiger partial charge in [-0.05, 0) is 6.92 Å². The van der Waals surface area contributed by atoms with E-state index in [1.165, 1.54) is 4.88 Å². The molecular weight excluding hydrogens is 288 g/mol. The maximum absolute atomic E-state index is 5.42. The van der Waals surface area contributed by atoms with Crippen molar-refractivity contribution in [3.05, 3.63) is 33.8 Å². The lowest BCUT2D eigenvalue weighted by Crippen LogP contribution is -2.14. The number of nitrogens with zero attached hydrogens (tertiary/aromatic N) is 1.